The van der Waals surface area contributed by atoms with Crippen molar-refractivity contribution in [2.75, 3.05) is 0 Å². The lowest BCUT2D eigenvalue weighted by atomic mass is 9.56. The summed E-state index contributed by atoms with van der Waals surface area (Å²) in [7, 11) is 0. The van der Waals surface area contributed by atoms with Gasteiger partial charge in [-0.3, -0.25) is 0 Å². The fourth-order valence-electron chi connectivity index (χ4n) is 2.03. The molecule has 2 heteroatoms. The van der Waals surface area contributed by atoms with Crippen molar-refractivity contribution in [3.8, 4) is 0 Å². The molecule has 1 N–H and O–H groups in total. The van der Waals surface area contributed by atoms with Crippen LogP contribution in [0.25, 0.3) is 0 Å². The first-order chi connectivity index (χ1) is 6.58. The molecular weight excluding hydrogens is 287 g/mol. The summed E-state index contributed by atoms with van der Waals surface area (Å²) in [6, 6.07) is 0. The number of halogens is 1. The molecule has 0 aliphatic heterocycles. The molecule has 1 fully saturated rings. The van der Waals surface area contributed by atoms with Crippen molar-refractivity contribution < 1.29 is 5.11 Å². The van der Waals surface area contributed by atoms with Crippen LogP contribution in [0.2, 0.25) is 0 Å². The Bertz CT molecular complexity index is 278. The van der Waals surface area contributed by atoms with Crippen molar-refractivity contribution in [2.45, 2.75) is 38.2 Å². The first kappa shape index (κ1) is 12.0. The minimum atomic E-state index is -0.659. The largest absolute Gasteiger partial charge is 0.385 e. The van der Waals surface area contributed by atoms with Gasteiger partial charge in [0.05, 0.1) is 5.60 Å². The van der Waals surface area contributed by atoms with Crippen LogP contribution in [0.3, 0.4) is 0 Å². The van der Waals surface area contributed by atoms with Crippen LogP contribution in [0.15, 0.2) is 28.5 Å². The predicted molar refractivity (Wildman–Crippen MR) is 68.4 cm³/mol. The summed E-state index contributed by atoms with van der Waals surface area (Å²) < 4.78 is 2.03. The highest BCUT2D eigenvalue weighted by Crippen LogP contribution is 2.53. The zero-order valence-corrected chi connectivity index (χ0v) is 10.8. The lowest BCUT2D eigenvalue weighted by Crippen LogP contribution is -2.53. The summed E-state index contributed by atoms with van der Waals surface area (Å²) >= 11 is 2.22. The van der Waals surface area contributed by atoms with Crippen molar-refractivity contribution in [2.24, 2.45) is 5.41 Å². The monoisotopic (exact) mass is 304 g/mol. The minimum absolute atomic E-state index is 0.0217. The molecule has 1 aliphatic carbocycles. The van der Waals surface area contributed by atoms with Gasteiger partial charge in [-0.1, -0.05) is 42.2 Å². The molecule has 0 unspecified atom stereocenters. The van der Waals surface area contributed by atoms with Crippen LogP contribution in [0.5, 0.6) is 0 Å². The minimum Gasteiger partial charge on any atom is -0.385 e. The second kappa shape index (κ2) is 4.65. The number of hydrogen-bond donors (Lipinski definition) is 1. The van der Waals surface area contributed by atoms with E-state index in [2.05, 4.69) is 47.9 Å². The van der Waals surface area contributed by atoms with E-state index in [0.29, 0.717) is 0 Å². The zero-order valence-electron chi connectivity index (χ0n) is 8.59. The molecule has 0 aromatic rings. The van der Waals surface area contributed by atoms with Crippen LogP contribution in [0, 0.1) is 5.41 Å². The lowest BCUT2D eigenvalue weighted by molar-refractivity contribution is -0.123. The Morgan fingerprint density at radius 1 is 1.57 bits per heavy atom. The fraction of sp³-hybridized carbons (Fsp3) is 0.583. The molecule has 1 saturated carbocycles. The van der Waals surface area contributed by atoms with Crippen molar-refractivity contribution in [3.63, 3.8) is 0 Å². The first-order valence-corrected chi connectivity index (χ1v) is 6.17. The highest BCUT2D eigenvalue weighted by Gasteiger charge is 2.52. The van der Waals surface area contributed by atoms with Crippen molar-refractivity contribution >= 4 is 22.6 Å². The maximum atomic E-state index is 10.2. The summed E-state index contributed by atoms with van der Waals surface area (Å²) in [4.78, 5) is 0. The molecule has 2 atom stereocenters. The summed E-state index contributed by atoms with van der Waals surface area (Å²) in [5.41, 5.74) is 2.07. The van der Waals surface area contributed by atoms with Crippen molar-refractivity contribution in [1.29, 1.82) is 0 Å². The van der Waals surface area contributed by atoms with E-state index in [1.165, 1.54) is 0 Å². The van der Waals surface area contributed by atoms with E-state index < -0.39 is 5.60 Å². The molecule has 78 valence electrons. The maximum absolute atomic E-state index is 10.2. The van der Waals surface area contributed by atoms with E-state index in [1.807, 2.05) is 4.08 Å². The predicted octanol–water partition coefficient (Wildman–Crippen LogP) is 3.59. The van der Waals surface area contributed by atoms with Gasteiger partial charge in [0.25, 0.3) is 0 Å². The highest BCUT2D eigenvalue weighted by atomic mass is 127. The van der Waals surface area contributed by atoms with Crippen LogP contribution in [0.4, 0.5) is 0 Å². The number of aliphatic hydroxyl groups is 1. The Morgan fingerprint density at radius 2 is 2.29 bits per heavy atom. The Hall–Kier alpha value is -0.0500. The third-order valence-electron chi connectivity index (χ3n) is 3.40. The van der Waals surface area contributed by atoms with E-state index in [9.17, 15) is 5.11 Å². The van der Waals surface area contributed by atoms with Crippen LogP contribution < -0.4 is 0 Å². The average molecular weight is 304 g/mol. The molecule has 0 amide bonds. The molecule has 1 nitrogen and oxygen atoms in total. The van der Waals surface area contributed by atoms with Gasteiger partial charge in [0.2, 0.25) is 0 Å². The number of rotatable bonds is 4. The first-order valence-electron chi connectivity index (χ1n) is 4.92. The second-order valence-corrected chi connectivity index (χ2v) is 4.95. The third-order valence-corrected chi connectivity index (χ3v) is 3.90. The lowest BCUT2D eigenvalue weighted by Gasteiger charge is -2.52. The Morgan fingerprint density at radius 3 is 2.71 bits per heavy atom. The SMILES string of the molecule is C=C=C[C@@]1(O)CC[C@@]1(C)CC/C=C\I. The maximum Gasteiger partial charge on any atom is 0.0954 e. The van der Waals surface area contributed by atoms with Gasteiger partial charge in [0, 0.05) is 5.41 Å². The molecule has 14 heavy (non-hydrogen) atoms. The van der Waals surface area contributed by atoms with Crippen molar-refractivity contribution in [3.05, 3.63) is 28.5 Å². The summed E-state index contributed by atoms with van der Waals surface area (Å²) in [6.07, 6.45) is 7.87. The van der Waals surface area contributed by atoms with Crippen LogP contribution in [-0.4, -0.2) is 10.7 Å². The fourth-order valence-corrected chi connectivity index (χ4v) is 2.39. The van der Waals surface area contributed by atoms with E-state index in [4.69, 9.17) is 0 Å². The van der Waals surface area contributed by atoms with Gasteiger partial charge in [-0.15, -0.1) is 5.73 Å². The Kier molecular flexibility index (Phi) is 3.99. The van der Waals surface area contributed by atoms with Crippen molar-refractivity contribution in [1.82, 2.24) is 0 Å². The molecule has 1 aliphatic rings. The van der Waals surface area contributed by atoms with E-state index in [1.54, 1.807) is 6.08 Å². The third kappa shape index (κ3) is 2.13. The van der Waals surface area contributed by atoms with Gasteiger partial charge in [-0.05, 0) is 35.8 Å². The molecule has 0 aromatic carbocycles. The molecule has 0 bridgehead atoms. The summed E-state index contributed by atoms with van der Waals surface area (Å²) in [5, 5.41) is 10.2. The van der Waals surface area contributed by atoms with Gasteiger partial charge >= 0.3 is 0 Å². The van der Waals surface area contributed by atoms with Gasteiger partial charge in [0.15, 0.2) is 0 Å². The highest BCUT2D eigenvalue weighted by molar-refractivity contribution is 14.1. The van der Waals surface area contributed by atoms with Crippen LogP contribution in [0.1, 0.15) is 32.6 Å². The molecule has 0 aromatic heterocycles. The summed E-state index contributed by atoms with van der Waals surface area (Å²) in [6.45, 7) is 5.68. The van der Waals surface area contributed by atoms with E-state index in [-0.39, 0.29) is 5.41 Å². The van der Waals surface area contributed by atoms with Gasteiger partial charge in [-0.2, -0.15) is 0 Å². The van der Waals surface area contributed by atoms with Crippen LogP contribution >= 0.6 is 22.6 Å². The van der Waals surface area contributed by atoms with Gasteiger partial charge in [-0.25, -0.2) is 0 Å². The second-order valence-electron chi connectivity index (χ2n) is 4.23. The summed E-state index contributed by atoms with van der Waals surface area (Å²) in [5.74, 6) is 0. The Balaban J connectivity index is 2.61. The van der Waals surface area contributed by atoms with Gasteiger partial charge in [0.1, 0.15) is 0 Å². The normalized spacial score (nSPS) is 36.5. The standard InChI is InChI=1S/C12H17IO/c1-3-6-12(14)9-8-11(12,2)7-4-5-10-13/h5-6,10,14H,1,4,7-9H2,2H3/b10-5-/t11-,12-/m1/s1. The van der Waals surface area contributed by atoms with E-state index in [0.717, 1.165) is 25.7 Å². The van der Waals surface area contributed by atoms with Crippen LogP contribution in [-0.2, 0) is 0 Å². The Labute approximate surface area is 99.7 Å². The molecule has 1 rings (SSSR count). The molecule has 0 spiro atoms. The van der Waals surface area contributed by atoms with Gasteiger partial charge < -0.3 is 5.11 Å². The molecule has 0 heterocycles. The molecular formula is C12H17IO. The van der Waals surface area contributed by atoms with E-state index >= 15 is 0 Å². The average Bonchev–Trinajstić information content (AvgIpc) is 2.17. The zero-order chi connectivity index (χ0) is 10.7. The number of hydrogen-bond acceptors (Lipinski definition) is 1. The molecule has 0 radical (unpaired) electrons. The quantitative estimate of drug-likeness (QED) is 0.621. The topological polar surface area (TPSA) is 20.2 Å². The number of allylic oxidation sites excluding steroid dienone is 1. The molecule has 0 saturated heterocycles. The smallest absolute Gasteiger partial charge is 0.0954 e.